The highest BCUT2D eigenvalue weighted by atomic mass is 16.5. The van der Waals surface area contributed by atoms with Crippen molar-refractivity contribution in [1.29, 1.82) is 5.26 Å². The van der Waals surface area contributed by atoms with E-state index in [-0.39, 0.29) is 16.8 Å². The first-order valence-electron chi connectivity index (χ1n) is 10.8. The van der Waals surface area contributed by atoms with E-state index < -0.39 is 0 Å². The number of hydrogen-bond acceptors (Lipinski definition) is 3. The van der Waals surface area contributed by atoms with Gasteiger partial charge in [0.1, 0.15) is 6.07 Å². The van der Waals surface area contributed by atoms with Crippen molar-refractivity contribution < 1.29 is 9.53 Å². The molecule has 1 saturated heterocycles. The van der Waals surface area contributed by atoms with Gasteiger partial charge in [0.2, 0.25) is 0 Å². The van der Waals surface area contributed by atoms with Gasteiger partial charge >= 0.3 is 0 Å². The first kappa shape index (κ1) is 17.0. The van der Waals surface area contributed by atoms with Gasteiger partial charge in [0.05, 0.1) is 11.2 Å². The largest absolute Gasteiger partial charge is 0.374 e. The van der Waals surface area contributed by atoms with Gasteiger partial charge in [-0.1, -0.05) is 13.8 Å². The number of fused-ring (bicyclic) bond motifs is 6. The number of Topliss-reactive ketones (excluding diaryl/α,β-unsaturated/α-hetero) is 1. The number of carbonyl (C=O) groups is 1. The van der Waals surface area contributed by atoms with E-state index in [1.54, 1.807) is 0 Å². The maximum absolute atomic E-state index is 12.3. The van der Waals surface area contributed by atoms with Crippen molar-refractivity contribution >= 4 is 5.78 Å². The second-order valence-electron chi connectivity index (χ2n) is 10.2. The standard InChI is InChI=1S/C23H31NO2/c1-21-10-8-20(25)16(14-24)17(21)5-4-15-18(21)6-11-22(2)19(15)7-12-23(22)9-3-13-26-23/h15,18-19H,3-13H2,1-2H3/t15-,18+,19+,21+,22+,23+/m1/s1. The molecule has 0 N–H and O–H groups in total. The van der Waals surface area contributed by atoms with Gasteiger partial charge in [-0.15, -0.1) is 0 Å². The minimum Gasteiger partial charge on any atom is -0.374 e. The van der Waals surface area contributed by atoms with E-state index >= 15 is 0 Å². The van der Waals surface area contributed by atoms with Crippen LogP contribution < -0.4 is 0 Å². The molecule has 5 rings (SSSR count). The van der Waals surface area contributed by atoms with Gasteiger partial charge in [0.25, 0.3) is 0 Å². The summed E-state index contributed by atoms with van der Waals surface area (Å²) >= 11 is 0. The lowest BCUT2D eigenvalue weighted by Gasteiger charge is -2.59. The Morgan fingerprint density at radius 1 is 1.04 bits per heavy atom. The molecule has 5 aliphatic rings. The number of nitrogens with zero attached hydrogens (tertiary/aromatic N) is 1. The van der Waals surface area contributed by atoms with Gasteiger partial charge in [0, 0.05) is 13.0 Å². The number of carbonyl (C=O) groups excluding carboxylic acids is 1. The SMILES string of the molecule is C[C@]12CCC(=O)C(C#N)=C1CC[C@@H]1[C@@H]2CC[C@@]2(C)[C@H]1CC[C@@]21CCCO1. The van der Waals surface area contributed by atoms with Crippen molar-refractivity contribution in [3.63, 3.8) is 0 Å². The maximum atomic E-state index is 12.3. The van der Waals surface area contributed by atoms with Crippen molar-refractivity contribution in [2.75, 3.05) is 6.61 Å². The second-order valence-corrected chi connectivity index (χ2v) is 10.2. The molecule has 0 bridgehead atoms. The molecule has 4 fully saturated rings. The first-order chi connectivity index (χ1) is 12.5. The number of ketones is 1. The third kappa shape index (κ3) is 1.90. The van der Waals surface area contributed by atoms with Crippen LogP contribution in [0.5, 0.6) is 0 Å². The summed E-state index contributed by atoms with van der Waals surface area (Å²) in [7, 11) is 0. The van der Waals surface area contributed by atoms with E-state index in [0.29, 0.717) is 23.3 Å². The predicted molar refractivity (Wildman–Crippen MR) is 99.2 cm³/mol. The van der Waals surface area contributed by atoms with E-state index in [1.807, 2.05) is 0 Å². The Morgan fingerprint density at radius 2 is 1.85 bits per heavy atom. The Balaban J connectivity index is 1.52. The molecule has 1 heterocycles. The molecule has 4 aliphatic carbocycles. The molecule has 0 unspecified atom stereocenters. The summed E-state index contributed by atoms with van der Waals surface area (Å²) in [6.07, 6.45) is 11.2. The molecule has 0 aromatic carbocycles. The van der Waals surface area contributed by atoms with Crippen LogP contribution in [0.2, 0.25) is 0 Å². The Morgan fingerprint density at radius 3 is 2.58 bits per heavy atom. The molecule has 0 aromatic rings. The minimum atomic E-state index is 0.0789. The Labute approximate surface area is 157 Å². The van der Waals surface area contributed by atoms with Crippen LogP contribution in [0.15, 0.2) is 11.1 Å². The molecule has 140 valence electrons. The van der Waals surface area contributed by atoms with E-state index in [0.717, 1.165) is 31.3 Å². The topological polar surface area (TPSA) is 50.1 Å². The molecule has 1 spiro atoms. The van der Waals surface area contributed by atoms with Crippen LogP contribution in [0.4, 0.5) is 0 Å². The molecule has 26 heavy (non-hydrogen) atoms. The van der Waals surface area contributed by atoms with Crippen LogP contribution in [-0.2, 0) is 9.53 Å². The lowest BCUT2D eigenvalue weighted by molar-refractivity contribution is -0.136. The van der Waals surface area contributed by atoms with Crippen molar-refractivity contribution in [2.24, 2.45) is 28.6 Å². The summed E-state index contributed by atoms with van der Waals surface area (Å²) < 4.78 is 6.44. The Kier molecular flexibility index (Phi) is 3.56. The fourth-order valence-electron chi connectivity index (χ4n) is 8.28. The van der Waals surface area contributed by atoms with Gasteiger partial charge < -0.3 is 4.74 Å². The van der Waals surface area contributed by atoms with E-state index in [9.17, 15) is 10.1 Å². The second kappa shape index (κ2) is 5.44. The number of hydrogen-bond donors (Lipinski definition) is 0. The van der Waals surface area contributed by atoms with Crippen LogP contribution in [0.25, 0.3) is 0 Å². The molecule has 0 amide bonds. The maximum Gasteiger partial charge on any atom is 0.173 e. The summed E-state index contributed by atoms with van der Waals surface area (Å²) in [5.74, 6) is 2.26. The molecular weight excluding hydrogens is 322 g/mol. The predicted octanol–water partition coefficient (Wildman–Crippen LogP) is 4.96. The van der Waals surface area contributed by atoms with E-state index in [1.165, 1.54) is 50.5 Å². The number of allylic oxidation sites excluding steroid dienone is 1. The lowest BCUT2D eigenvalue weighted by Crippen LogP contribution is -2.54. The molecule has 0 aromatic heterocycles. The van der Waals surface area contributed by atoms with Gasteiger partial charge in [-0.05, 0) is 91.9 Å². The molecular formula is C23H31NO2. The minimum absolute atomic E-state index is 0.0789. The van der Waals surface area contributed by atoms with Gasteiger partial charge in [-0.3, -0.25) is 4.79 Å². The van der Waals surface area contributed by atoms with Crippen LogP contribution in [0.1, 0.15) is 78.1 Å². The fourth-order valence-corrected chi connectivity index (χ4v) is 8.28. The summed E-state index contributed by atoms with van der Waals surface area (Å²) in [4.78, 5) is 12.3. The highest BCUT2D eigenvalue weighted by Crippen LogP contribution is 2.69. The summed E-state index contributed by atoms with van der Waals surface area (Å²) in [6, 6.07) is 2.28. The first-order valence-corrected chi connectivity index (χ1v) is 10.8. The molecule has 0 radical (unpaired) electrons. The van der Waals surface area contributed by atoms with Crippen LogP contribution in [0.3, 0.4) is 0 Å². The van der Waals surface area contributed by atoms with Crippen molar-refractivity contribution in [1.82, 2.24) is 0 Å². The smallest absolute Gasteiger partial charge is 0.173 e. The molecule has 3 nitrogen and oxygen atoms in total. The third-order valence-corrected chi connectivity index (χ3v) is 9.63. The summed E-state index contributed by atoms with van der Waals surface area (Å²) in [5, 5.41) is 9.60. The zero-order valence-electron chi connectivity index (χ0n) is 16.3. The average Bonchev–Trinajstić information content (AvgIpc) is 3.22. The summed E-state index contributed by atoms with van der Waals surface area (Å²) in [5.41, 5.74) is 2.30. The number of rotatable bonds is 0. The van der Waals surface area contributed by atoms with Crippen molar-refractivity contribution in [3.8, 4) is 6.07 Å². The number of ether oxygens (including phenoxy) is 1. The number of nitriles is 1. The Hall–Kier alpha value is -1.14. The van der Waals surface area contributed by atoms with E-state index in [4.69, 9.17) is 4.74 Å². The average molecular weight is 354 g/mol. The van der Waals surface area contributed by atoms with Crippen molar-refractivity contribution in [2.45, 2.75) is 83.7 Å². The monoisotopic (exact) mass is 353 g/mol. The fraction of sp³-hybridized carbons (Fsp3) is 0.826. The van der Waals surface area contributed by atoms with Crippen LogP contribution in [0, 0.1) is 39.9 Å². The lowest BCUT2D eigenvalue weighted by atomic mass is 9.46. The molecule has 3 saturated carbocycles. The normalized spacial score (nSPS) is 50.3. The zero-order chi connectivity index (χ0) is 18.2. The summed E-state index contributed by atoms with van der Waals surface area (Å²) in [6.45, 7) is 5.86. The van der Waals surface area contributed by atoms with Gasteiger partial charge in [0.15, 0.2) is 5.78 Å². The molecule has 3 heteroatoms. The molecule has 6 atom stereocenters. The molecule has 1 aliphatic heterocycles. The van der Waals surface area contributed by atoms with Gasteiger partial charge in [-0.2, -0.15) is 5.26 Å². The quantitative estimate of drug-likeness (QED) is 0.618. The highest BCUT2D eigenvalue weighted by Gasteiger charge is 2.65. The Bertz CT molecular complexity index is 725. The zero-order valence-corrected chi connectivity index (χ0v) is 16.3. The van der Waals surface area contributed by atoms with Crippen molar-refractivity contribution in [3.05, 3.63) is 11.1 Å². The highest BCUT2D eigenvalue weighted by molar-refractivity contribution is 6.01. The van der Waals surface area contributed by atoms with E-state index in [2.05, 4.69) is 19.9 Å². The van der Waals surface area contributed by atoms with Gasteiger partial charge in [-0.25, -0.2) is 0 Å². The van der Waals surface area contributed by atoms with Crippen LogP contribution in [-0.4, -0.2) is 18.0 Å². The third-order valence-electron chi connectivity index (χ3n) is 9.63. The van der Waals surface area contributed by atoms with Crippen LogP contribution >= 0.6 is 0 Å².